The number of carbonyl (C=O) groups excluding carboxylic acids is 3. The van der Waals surface area contributed by atoms with Gasteiger partial charge >= 0.3 is 5.97 Å². The van der Waals surface area contributed by atoms with Gasteiger partial charge in [-0.3, -0.25) is 19.3 Å². The first kappa shape index (κ1) is 20.3. The normalized spacial score (nSPS) is 17.1. The monoisotopic (exact) mass is 465 g/mol. The van der Waals surface area contributed by atoms with Crippen LogP contribution in [0.5, 0.6) is 0 Å². The SMILES string of the molecule is CC(=O)OCC1Cn2c3ccccc3c3c4c(c5c6ccccc6n(c5c32)C1)C(=O)N(C(C)=O)C4. The molecule has 0 N–H and O–H groups in total. The molecular formula is C28H23N3O4. The third-order valence-electron chi connectivity index (χ3n) is 7.58. The zero-order valence-corrected chi connectivity index (χ0v) is 19.5. The summed E-state index contributed by atoms with van der Waals surface area (Å²) in [5, 5.41) is 4.03. The van der Waals surface area contributed by atoms with Crippen molar-refractivity contribution in [3.8, 4) is 0 Å². The first-order chi connectivity index (χ1) is 17.0. The molecule has 0 saturated heterocycles. The molecule has 3 aromatic carbocycles. The summed E-state index contributed by atoms with van der Waals surface area (Å²) in [6.07, 6.45) is 0. The summed E-state index contributed by atoms with van der Waals surface area (Å²) in [6, 6.07) is 16.4. The largest absolute Gasteiger partial charge is 0.465 e. The van der Waals surface area contributed by atoms with Gasteiger partial charge in [0.25, 0.3) is 5.91 Å². The van der Waals surface area contributed by atoms with Gasteiger partial charge in [0.2, 0.25) is 5.91 Å². The highest BCUT2D eigenvalue weighted by Gasteiger charge is 2.38. The van der Waals surface area contributed by atoms with Crippen molar-refractivity contribution in [1.29, 1.82) is 0 Å². The lowest BCUT2D eigenvalue weighted by molar-refractivity contribution is -0.142. The Morgan fingerprint density at radius 2 is 1.46 bits per heavy atom. The molecule has 4 heterocycles. The zero-order valence-electron chi connectivity index (χ0n) is 19.5. The maximum absolute atomic E-state index is 13.7. The van der Waals surface area contributed by atoms with Crippen LogP contribution in [0.1, 0.15) is 29.8 Å². The predicted molar refractivity (Wildman–Crippen MR) is 133 cm³/mol. The highest BCUT2D eigenvalue weighted by Crippen LogP contribution is 2.47. The fourth-order valence-corrected chi connectivity index (χ4v) is 6.24. The predicted octanol–water partition coefficient (Wildman–Crippen LogP) is 4.60. The Balaban J connectivity index is 1.69. The number of nitrogens with zero attached hydrogens (tertiary/aromatic N) is 3. The smallest absolute Gasteiger partial charge is 0.302 e. The number of amides is 2. The van der Waals surface area contributed by atoms with Gasteiger partial charge in [-0.1, -0.05) is 36.4 Å². The fraction of sp³-hybridized carbons (Fsp3) is 0.250. The molecule has 2 aromatic heterocycles. The number of para-hydroxylation sites is 2. The number of fused-ring (bicyclic) bond motifs is 9. The van der Waals surface area contributed by atoms with Gasteiger partial charge in [0, 0.05) is 65.4 Å². The lowest BCUT2D eigenvalue weighted by Crippen LogP contribution is -2.28. The van der Waals surface area contributed by atoms with Gasteiger partial charge in [0.15, 0.2) is 0 Å². The Bertz CT molecular complexity index is 1770. The molecule has 7 heteroatoms. The number of esters is 1. The fourth-order valence-electron chi connectivity index (χ4n) is 6.24. The number of carbonyl (C=O) groups is 3. The van der Waals surface area contributed by atoms with Crippen molar-refractivity contribution in [3.05, 3.63) is 59.7 Å². The lowest BCUT2D eigenvalue weighted by Gasteiger charge is -2.17. The van der Waals surface area contributed by atoms with Gasteiger partial charge in [-0.15, -0.1) is 0 Å². The molecule has 0 spiro atoms. The van der Waals surface area contributed by atoms with Crippen LogP contribution in [-0.2, 0) is 34.0 Å². The van der Waals surface area contributed by atoms with Crippen molar-refractivity contribution in [2.45, 2.75) is 33.5 Å². The molecule has 7 rings (SSSR count). The number of benzene rings is 3. The second kappa shape index (κ2) is 6.95. The van der Waals surface area contributed by atoms with Crippen LogP contribution in [-0.4, -0.2) is 38.4 Å². The van der Waals surface area contributed by atoms with Crippen LogP contribution >= 0.6 is 0 Å². The molecule has 5 aromatic rings. The van der Waals surface area contributed by atoms with E-state index in [0.29, 0.717) is 25.3 Å². The molecular weight excluding hydrogens is 442 g/mol. The number of rotatable bonds is 2. The van der Waals surface area contributed by atoms with Gasteiger partial charge < -0.3 is 13.9 Å². The maximum Gasteiger partial charge on any atom is 0.302 e. The summed E-state index contributed by atoms with van der Waals surface area (Å²) in [4.78, 5) is 39.1. The number of imide groups is 1. The minimum atomic E-state index is -0.286. The van der Waals surface area contributed by atoms with Gasteiger partial charge in [-0.2, -0.15) is 0 Å². The van der Waals surface area contributed by atoms with Crippen LogP contribution in [0.2, 0.25) is 0 Å². The lowest BCUT2D eigenvalue weighted by atomic mass is 9.97. The van der Waals surface area contributed by atoms with E-state index in [1.807, 2.05) is 24.3 Å². The number of ether oxygens (including phenoxy) is 1. The second-order valence-electron chi connectivity index (χ2n) is 9.64. The Kier molecular flexibility index (Phi) is 4.02. The summed E-state index contributed by atoms with van der Waals surface area (Å²) < 4.78 is 10.1. The van der Waals surface area contributed by atoms with Gasteiger partial charge in [-0.25, -0.2) is 0 Å². The summed E-state index contributed by atoms with van der Waals surface area (Å²) in [7, 11) is 0. The van der Waals surface area contributed by atoms with Crippen molar-refractivity contribution in [1.82, 2.24) is 14.0 Å². The standard InChI is InChI=1S/C28H23N3O4/c1-15(32)29-13-20-23-18-7-3-5-9-21(18)30-11-17(14-35-16(2)33)12-31-22-10-6-4-8-19(22)24(25(20)28(29)34)27(31)26(23)30/h3-10,17H,11-14H2,1-2H3. The van der Waals surface area contributed by atoms with Crippen LogP contribution in [0.3, 0.4) is 0 Å². The van der Waals surface area contributed by atoms with Crippen molar-refractivity contribution in [3.63, 3.8) is 0 Å². The van der Waals surface area contributed by atoms with Crippen LogP contribution < -0.4 is 0 Å². The molecule has 0 radical (unpaired) electrons. The van der Waals surface area contributed by atoms with Crippen LogP contribution in [0.25, 0.3) is 43.6 Å². The topological polar surface area (TPSA) is 73.5 Å². The van der Waals surface area contributed by atoms with E-state index in [0.717, 1.165) is 49.2 Å². The Morgan fingerprint density at radius 3 is 2.06 bits per heavy atom. The molecule has 35 heavy (non-hydrogen) atoms. The van der Waals surface area contributed by atoms with E-state index < -0.39 is 0 Å². The first-order valence-electron chi connectivity index (χ1n) is 11.9. The van der Waals surface area contributed by atoms with E-state index in [4.69, 9.17) is 4.74 Å². The van der Waals surface area contributed by atoms with Crippen molar-refractivity contribution < 1.29 is 19.1 Å². The molecule has 2 aliphatic heterocycles. The van der Waals surface area contributed by atoms with Crippen molar-refractivity contribution in [2.24, 2.45) is 5.92 Å². The minimum absolute atomic E-state index is 0.0589. The molecule has 1 atom stereocenters. The number of aromatic nitrogens is 2. The first-order valence-corrected chi connectivity index (χ1v) is 11.9. The highest BCUT2D eigenvalue weighted by atomic mass is 16.5. The summed E-state index contributed by atoms with van der Waals surface area (Å²) in [5.41, 5.74) is 5.78. The van der Waals surface area contributed by atoms with Gasteiger partial charge in [-0.05, 0) is 17.7 Å². The Hall–Kier alpha value is -4.13. The molecule has 1 unspecified atom stereocenters. The van der Waals surface area contributed by atoms with E-state index in [2.05, 4.69) is 33.4 Å². The van der Waals surface area contributed by atoms with E-state index >= 15 is 0 Å². The summed E-state index contributed by atoms with van der Waals surface area (Å²) in [5.74, 6) is -0.697. The molecule has 2 amide bonds. The molecule has 0 fully saturated rings. The van der Waals surface area contributed by atoms with Gasteiger partial charge in [0.05, 0.1) is 29.7 Å². The van der Waals surface area contributed by atoms with Crippen LogP contribution in [0.4, 0.5) is 0 Å². The second-order valence-corrected chi connectivity index (χ2v) is 9.64. The molecule has 0 bridgehead atoms. The average molecular weight is 466 g/mol. The summed E-state index contributed by atoms with van der Waals surface area (Å²) >= 11 is 0. The van der Waals surface area contributed by atoms with Crippen LogP contribution in [0.15, 0.2) is 48.5 Å². The van der Waals surface area contributed by atoms with E-state index in [1.54, 1.807) is 0 Å². The Morgan fingerprint density at radius 1 is 0.886 bits per heavy atom. The molecule has 7 nitrogen and oxygen atoms in total. The number of hydrogen-bond donors (Lipinski definition) is 0. The Labute approximate surface area is 200 Å². The summed E-state index contributed by atoms with van der Waals surface area (Å²) in [6.45, 7) is 4.84. The third kappa shape index (κ3) is 2.58. The minimum Gasteiger partial charge on any atom is -0.465 e. The maximum atomic E-state index is 13.7. The van der Waals surface area contributed by atoms with E-state index in [1.165, 1.54) is 18.7 Å². The van der Waals surface area contributed by atoms with E-state index in [-0.39, 0.29) is 30.2 Å². The zero-order chi connectivity index (χ0) is 24.0. The molecule has 0 aliphatic carbocycles. The van der Waals surface area contributed by atoms with Gasteiger partial charge in [0.1, 0.15) is 0 Å². The van der Waals surface area contributed by atoms with Crippen molar-refractivity contribution >= 4 is 61.4 Å². The van der Waals surface area contributed by atoms with Crippen LogP contribution in [0, 0.1) is 5.92 Å². The molecule has 174 valence electrons. The third-order valence-corrected chi connectivity index (χ3v) is 7.58. The number of hydrogen-bond acceptors (Lipinski definition) is 4. The quantitative estimate of drug-likeness (QED) is 0.357. The molecule has 2 aliphatic rings. The van der Waals surface area contributed by atoms with Crippen molar-refractivity contribution in [2.75, 3.05) is 6.61 Å². The average Bonchev–Trinajstić information content (AvgIpc) is 3.42. The molecule has 0 saturated carbocycles. The highest BCUT2D eigenvalue weighted by molar-refractivity contribution is 6.31. The van der Waals surface area contributed by atoms with E-state index in [9.17, 15) is 14.4 Å².